The Morgan fingerprint density at radius 3 is 1.90 bits per heavy atom. The molecule has 0 unspecified atom stereocenters. The number of hydrogen-bond acceptors (Lipinski definition) is 3. The number of nitrogens with zero attached hydrogens (tertiary/aromatic N) is 4. The zero-order valence-electron chi connectivity index (χ0n) is 29.3. The van der Waals surface area contributed by atoms with E-state index >= 15 is 0 Å². The lowest BCUT2D eigenvalue weighted by Gasteiger charge is -2.17. The molecule has 0 amide bonds. The number of aromatic nitrogens is 4. The molecule has 0 aliphatic rings. The van der Waals surface area contributed by atoms with Gasteiger partial charge in [-0.05, 0) is 91.1 Å². The summed E-state index contributed by atoms with van der Waals surface area (Å²) in [6, 6.07) is 54.9. The van der Waals surface area contributed by atoms with Crippen LogP contribution in [0, 0.1) is 20.8 Å². The number of pyridine rings is 1. The average molecular weight is 673 g/mol. The molecule has 3 aromatic heterocycles. The summed E-state index contributed by atoms with van der Waals surface area (Å²) in [5, 5.41) is 7.48. The summed E-state index contributed by atoms with van der Waals surface area (Å²) in [7, 11) is 0. The molecule has 9 aromatic rings. The highest BCUT2D eigenvalue weighted by Gasteiger charge is 2.22. The molecular formula is C47H36N4O. The predicted octanol–water partition coefficient (Wildman–Crippen LogP) is 12.1. The summed E-state index contributed by atoms with van der Waals surface area (Å²) in [6.45, 7) is 6.36. The molecular weight excluding hydrogens is 637 g/mol. The van der Waals surface area contributed by atoms with Crippen molar-refractivity contribution in [1.29, 1.82) is 0 Å². The smallest absolute Gasteiger partial charge is 0.137 e. The second-order valence-electron chi connectivity index (χ2n) is 13.2. The average Bonchev–Trinajstić information content (AvgIpc) is 3.67. The number of hydrogen-bond donors (Lipinski definition) is 0. The van der Waals surface area contributed by atoms with E-state index in [0.717, 1.165) is 61.9 Å². The van der Waals surface area contributed by atoms with Gasteiger partial charge in [-0.25, -0.2) is 9.67 Å². The normalized spacial score (nSPS) is 11.4. The first-order valence-corrected chi connectivity index (χ1v) is 17.6. The van der Waals surface area contributed by atoms with Crippen molar-refractivity contribution in [2.75, 3.05) is 0 Å². The van der Waals surface area contributed by atoms with Crippen molar-refractivity contribution in [3.63, 3.8) is 0 Å². The Labute approximate surface area is 303 Å². The number of para-hydroxylation sites is 1. The van der Waals surface area contributed by atoms with E-state index in [0.29, 0.717) is 0 Å². The largest absolute Gasteiger partial charge is 0.457 e. The van der Waals surface area contributed by atoms with Gasteiger partial charge in [-0.2, -0.15) is 5.10 Å². The maximum Gasteiger partial charge on any atom is 0.137 e. The first kappa shape index (κ1) is 31.3. The maximum absolute atomic E-state index is 6.60. The van der Waals surface area contributed by atoms with E-state index in [1.807, 2.05) is 35.1 Å². The van der Waals surface area contributed by atoms with Crippen LogP contribution in [0.25, 0.3) is 66.7 Å². The Morgan fingerprint density at radius 1 is 0.519 bits per heavy atom. The number of fused-ring (bicyclic) bond motifs is 3. The third-order valence-corrected chi connectivity index (χ3v) is 9.85. The van der Waals surface area contributed by atoms with Gasteiger partial charge < -0.3 is 4.74 Å². The van der Waals surface area contributed by atoms with Gasteiger partial charge in [0.2, 0.25) is 0 Å². The van der Waals surface area contributed by atoms with Gasteiger partial charge in [0.15, 0.2) is 0 Å². The molecule has 52 heavy (non-hydrogen) atoms. The van der Waals surface area contributed by atoms with E-state index in [2.05, 4.69) is 159 Å². The standard InChI is InChI=1S/C47H36N4O/c1-31-26-27-48-45(28-31)50-43-23-11-10-20-41(43)42-25-24-38(30-44(42)50)52-37-19-12-18-36(29-37)51-33(3)46(32(2)49-51)47-39(34-14-6-4-7-15-34)21-13-22-40(47)35-16-8-5-9-17-35/h4-30H,1-3H3. The molecule has 0 atom stereocenters. The van der Waals surface area contributed by atoms with Gasteiger partial charge in [-0.1, -0.05) is 103 Å². The third kappa shape index (κ3) is 5.44. The number of benzene rings is 6. The molecule has 0 fully saturated rings. The molecule has 250 valence electrons. The van der Waals surface area contributed by atoms with Gasteiger partial charge in [-0.3, -0.25) is 4.57 Å². The number of aryl methyl sites for hydroxylation is 2. The first-order chi connectivity index (χ1) is 25.5. The summed E-state index contributed by atoms with van der Waals surface area (Å²) < 4.78 is 10.9. The molecule has 0 saturated carbocycles. The second-order valence-corrected chi connectivity index (χ2v) is 13.2. The fourth-order valence-electron chi connectivity index (χ4n) is 7.51. The fraction of sp³-hybridized carbons (Fsp3) is 0.0638. The molecule has 9 rings (SSSR count). The van der Waals surface area contributed by atoms with Gasteiger partial charge in [0.05, 0.1) is 22.4 Å². The summed E-state index contributed by atoms with van der Waals surface area (Å²) in [5.41, 5.74) is 13.3. The lowest BCUT2D eigenvalue weighted by atomic mass is 9.87. The molecule has 0 aliphatic heterocycles. The van der Waals surface area contributed by atoms with E-state index in [1.165, 1.54) is 33.2 Å². The van der Waals surface area contributed by atoms with Crippen molar-refractivity contribution in [2.45, 2.75) is 20.8 Å². The number of rotatable bonds is 7. The molecule has 5 nitrogen and oxygen atoms in total. The summed E-state index contributed by atoms with van der Waals surface area (Å²) >= 11 is 0. The Morgan fingerprint density at radius 2 is 1.17 bits per heavy atom. The van der Waals surface area contributed by atoms with Crippen LogP contribution in [0.1, 0.15) is 17.0 Å². The van der Waals surface area contributed by atoms with Gasteiger partial charge in [0.1, 0.15) is 17.3 Å². The van der Waals surface area contributed by atoms with E-state index in [9.17, 15) is 0 Å². The van der Waals surface area contributed by atoms with Crippen LogP contribution < -0.4 is 4.74 Å². The highest BCUT2D eigenvalue weighted by atomic mass is 16.5. The summed E-state index contributed by atoms with van der Waals surface area (Å²) in [5.74, 6) is 2.37. The first-order valence-electron chi connectivity index (χ1n) is 17.6. The Bertz CT molecular complexity index is 2680. The van der Waals surface area contributed by atoms with Crippen LogP contribution in [0.15, 0.2) is 164 Å². The topological polar surface area (TPSA) is 44.9 Å². The van der Waals surface area contributed by atoms with Gasteiger partial charge in [0.25, 0.3) is 0 Å². The van der Waals surface area contributed by atoms with Gasteiger partial charge in [0, 0.05) is 45.9 Å². The van der Waals surface area contributed by atoms with Crippen molar-refractivity contribution >= 4 is 21.8 Å². The highest BCUT2D eigenvalue weighted by Crippen LogP contribution is 2.43. The lowest BCUT2D eigenvalue weighted by molar-refractivity contribution is 0.482. The van der Waals surface area contributed by atoms with Crippen molar-refractivity contribution in [3.05, 3.63) is 181 Å². The van der Waals surface area contributed by atoms with Crippen LogP contribution in [0.2, 0.25) is 0 Å². The zero-order valence-corrected chi connectivity index (χ0v) is 29.3. The molecule has 0 spiro atoms. The minimum absolute atomic E-state index is 0.733. The molecule has 0 bridgehead atoms. The number of ether oxygens (including phenoxy) is 1. The predicted molar refractivity (Wildman–Crippen MR) is 213 cm³/mol. The highest BCUT2D eigenvalue weighted by molar-refractivity contribution is 6.09. The quantitative estimate of drug-likeness (QED) is 0.169. The van der Waals surface area contributed by atoms with Crippen molar-refractivity contribution in [3.8, 4) is 56.4 Å². The zero-order chi connectivity index (χ0) is 35.2. The molecule has 5 heteroatoms. The molecule has 0 radical (unpaired) electrons. The van der Waals surface area contributed by atoms with Crippen molar-refractivity contribution in [1.82, 2.24) is 19.3 Å². The van der Waals surface area contributed by atoms with E-state index in [-0.39, 0.29) is 0 Å². The molecule has 3 heterocycles. The summed E-state index contributed by atoms with van der Waals surface area (Å²) in [6.07, 6.45) is 1.87. The van der Waals surface area contributed by atoms with Crippen LogP contribution in [0.4, 0.5) is 0 Å². The van der Waals surface area contributed by atoms with Crippen LogP contribution in [-0.2, 0) is 0 Å². The van der Waals surface area contributed by atoms with Crippen LogP contribution in [-0.4, -0.2) is 19.3 Å². The Kier molecular flexibility index (Phi) is 7.74. The molecule has 0 aliphatic carbocycles. The van der Waals surface area contributed by atoms with Crippen LogP contribution >= 0.6 is 0 Å². The molecule has 6 aromatic carbocycles. The van der Waals surface area contributed by atoms with E-state index in [4.69, 9.17) is 14.8 Å². The van der Waals surface area contributed by atoms with Crippen LogP contribution in [0.3, 0.4) is 0 Å². The summed E-state index contributed by atoms with van der Waals surface area (Å²) in [4.78, 5) is 4.74. The minimum Gasteiger partial charge on any atom is -0.457 e. The fourth-order valence-corrected chi connectivity index (χ4v) is 7.51. The third-order valence-electron chi connectivity index (χ3n) is 9.85. The van der Waals surface area contributed by atoms with E-state index in [1.54, 1.807) is 0 Å². The maximum atomic E-state index is 6.60. The second kappa shape index (κ2) is 12.9. The Hall–Kier alpha value is -6.72. The monoisotopic (exact) mass is 672 g/mol. The minimum atomic E-state index is 0.733. The lowest BCUT2D eigenvalue weighted by Crippen LogP contribution is -2.00. The van der Waals surface area contributed by atoms with Crippen LogP contribution in [0.5, 0.6) is 11.5 Å². The van der Waals surface area contributed by atoms with Gasteiger partial charge in [-0.15, -0.1) is 0 Å². The van der Waals surface area contributed by atoms with Crippen molar-refractivity contribution in [2.24, 2.45) is 0 Å². The van der Waals surface area contributed by atoms with Gasteiger partial charge >= 0.3 is 0 Å². The molecule has 0 N–H and O–H groups in total. The Balaban J connectivity index is 1.13. The van der Waals surface area contributed by atoms with Crippen molar-refractivity contribution < 1.29 is 4.74 Å². The SMILES string of the molecule is Cc1ccnc(-n2c3ccccc3c3ccc(Oc4cccc(-n5nc(C)c(-c6c(-c7ccccc7)cccc6-c6ccccc6)c5C)c4)cc32)c1. The molecule has 0 saturated heterocycles. The van der Waals surface area contributed by atoms with E-state index < -0.39 is 0 Å².